The standard InChI is InChI=1S/C14H23NO/c1-5-16-12(4)14(15)9-13-8-10(2)6-7-11(13)3/h6-8,12,14H,5,9,15H2,1-4H3. The fourth-order valence-corrected chi connectivity index (χ4v) is 1.83. The quantitative estimate of drug-likeness (QED) is 0.829. The van der Waals surface area contributed by atoms with E-state index in [0.717, 1.165) is 13.0 Å². The van der Waals surface area contributed by atoms with E-state index in [9.17, 15) is 0 Å². The van der Waals surface area contributed by atoms with Gasteiger partial charge in [-0.3, -0.25) is 0 Å². The molecule has 0 fully saturated rings. The maximum Gasteiger partial charge on any atom is 0.0700 e. The van der Waals surface area contributed by atoms with Crippen LogP contribution in [-0.2, 0) is 11.2 Å². The van der Waals surface area contributed by atoms with E-state index in [0.29, 0.717) is 0 Å². The third kappa shape index (κ3) is 3.62. The van der Waals surface area contributed by atoms with Crippen LogP contribution in [0.5, 0.6) is 0 Å². The summed E-state index contributed by atoms with van der Waals surface area (Å²) in [5.41, 5.74) is 10.1. The van der Waals surface area contributed by atoms with Crippen LogP contribution < -0.4 is 5.73 Å². The number of aryl methyl sites for hydroxylation is 2. The first-order valence-corrected chi connectivity index (χ1v) is 5.98. The topological polar surface area (TPSA) is 35.2 Å². The molecular formula is C14H23NO. The minimum Gasteiger partial charge on any atom is -0.377 e. The van der Waals surface area contributed by atoms with E-state index in [1.54, 1.807) is 0 Å². The van der Waals surface area contributed by atoms with Gasteiger partial charge in [0, 0.05) is 12.6 Å². The summed E-state index contributed by atoms with van der Waals surface area (Å²) in [6.07, 6.45) is 0.999. The molecular weight excluding hydrogens is 198 g/mol. The molecule has 90 valence electrons. The van der Waals surface area contributed by atoms with Crippen molar-refractivity contribution in [2.75, 3.05) is 6.61 Å². The summed E-state index contributed by atoms with van der Waals surface area (Å²) in [6.45, 7) is 9.01. The summed E-state index contributed by atoms with van der Waals surface area (Å²) in [5, 5.41) is 0. The molecule has 0 spiro atoms. The summed E-state index contributed by atoms with van der Waals surface area (Å²) >= 11 is 0. The molecule has 2 nitrogen and oxygen atoms in total. The van der Waals surface area contributed by atoms with Gasteiger partial charge in [-0.2, -0.15) is 0 Å². The lowest BCUT2D eigenvalue weighted by Crippen LogP contribution is -2.36. The molecule has 0 aromatic heterocycles. The van der Waals surface area contributed by atoms with Gasteiger partial charge < -0.3 is 10.5 Å². The van der Waals surface area contributed by atoms with Gasteiger partial charge in [0.15, 0.2) is 0 Å². The first kappa shape index (κ1) is 13.2. The SMILES string of the molecule is CCOC(C)C(N)Cc1cc(C)ccc1C. The molecule has 2 N–H and O–H groups in total. The summed E-state index contributed by atoms with van der Waals surface area (Å²) in [5.74, 6) is 0. The molecule has 0 radical (unpaired) electrons. The number of benzene rings is 1. The van der Waals surface area contributed by atoms with Crippen molar-refractivity contribution in [2.24, 2.45) is 5.73 Å². The van der Waals surface area contributed by atoms with Crippen molar-refractivity contribution in [3.05, 3.63) is 34.9 Å². The predicted molar refractivity (Wildman–Crippen MR) is 68.7 cm³/mol. The Bertz CT molecular complexity index is 336. The second-order valence-corrected chi connectivity index (χ2v) is 4.46. The van der Waals surface area contributed by atoms with Crippen molar-refractivity contribution in [3.63, 3.8) is 0 Å². The third-order valence-electron chi connectivity index (χ3n) is 2.99. The Morgan fingerprint density at radius 1 is 1.31 bits per heavy atom. The van der Waals surface area contributed by atoms with E-state index in [4.69, 9.17) is 10.5 Å². The minimum absolute atomic E-state index is 0.0699. The molecule has 0 aliphatic rings. The molecule has 0 amide bonds. The Morgan fingerprint density at radius 2 is 2.00 bits per heavy atom. The predicted octanol–water partition coefficient (Wildman–Crippen LogP) is 2.60. The summed E-state index contributed by atoms with van der Waals surface area (Å²) in [4.78, 5) is 0. The van der Waals surface area contributed by atoms with Gasteiger partial charge >= 0.3 is 0 Å². The van der Waals surface area contributed by atoms with Gasteiger partial charge in [0.1, 0.15) is 0 Å². The first-order valence-electron chi connectivity index (χ1n) is 5.98. The molecule has 0 saturated heterocycles. The van der Waals surface area contributed by atoms with Gasteiger partial charge in [-0.1, -0.05) is 23.8 Å². The van der Waals surface area contributed by atoms with Crippen molar-refractivity contribution in [1.82, 2.24) is 0 Å². The third-order valence-corrected chi connectivity index (χ3v) is 2.99. The maximum absolute atomic E-state index is 6.13. The Hall–Kier alpha value is -0.860. The van der Waals surface area contributed by atoms with Crippen LogP contribution in [-0.4, -0.2) is 18.8 Å². The van der Waals surface area contributed by atoms with Crippen LogP contribution in [0.2, 0.25) is 0 Å². The highest BCUT2D eigenvalue weighted by molar-refractivity contribution is 5.31. The molecule has 2 atom stereocenters. The van der Waals surface area contributed by atoms with E-state index < -0.39 is 0 Å². The van der Waals surface area contributed by atoms with E-state index >= 15 is 0 Å². The zero-order valence-corrected chi connectivity index (χ0v) is 10.8. The summed E-state index contributed by atoms with van der Waals surface area (Å²) in [7, 11) is 0. The number of rotatable bonds is 5. The molecule has 0 bridgehead atoms. The number of hydrogen-bond donors (Lipinski definition) is 1. The molecule has 1 aromatic rings. The largest absolute Gasteiger partial charge is 0.377 e. The van der Waals surface area contributed by atoms with Gasteiger partial charge in [0.2, 0.25) is 0 Å². The molecule has 2 unspecified atom stereocenters. The average molecular weight is 221 g/mol. The van der Waals surface area contributed by atoms with E-state index in [1.807, 2.05) is 13.8 Å². The van der Waals surface area contributed by atoms with Gasteiger partial charge in [-0.25, -0.2) is 0 Å². The van der Waals surface area contributed by atoms with E-state index in [-0.39, 0.29) is 12.1 Å². The van der Waals surface area contributed by atoms with Crippen LogP contribution in [0, 0.1) is 13.8 Å². The lowest BCUT2D eigenvalue weighted by Gasteiger charge is -2.20. The van der Waals surface area contributed by atoms with Crippen LogP contribution >= 0.6 is 0 Å². The Labute approximate surface area is 98.8 Å². The van der Waals surface area contributed by atoms with Crippen molar-refractivity contribution in [2.45, 2.75) is 46.3 Å². The van der Waals surface area contributed by atoms with Gasteiger partial charge in [-0.15, -0.1) is 0 Å². The molecule has 0 heterocycles. The van der Waals surface area contributed by atoms with E-state index in [2.05, 4.69) is 32.0 Å². The smallest absolute Gasteiger partial charge is 0.0700 e. The lowest BCUT2D eigenvalue weighted by atomic mass is 9.97. The Balaban J connectivity index is 2.68. The number of ether oxygens (including phenoxy) is 1. The lowest BCUT2D eigenvalue weighted by molar-refractivity contribution is 0.0577. The van der Waals surface area contributed by atoms with Crippen LogP contribution in [0.25, 0.3) is 0 Å². The fraction of sp³-hybridized carbons (Fsp3) is 0.571. The highest BCUT2D eigenvalue weighted by atomic mass is 16.5. The van der Waals surface area contributed by atoms with Crippen LogP contribution in [0.15, 0.2) is 18.2 Å². The van der Waals surface area contributed by atoms with Gasteiger partial charge in [-0.05, 0) is 45.2 Å². The molecule has 0 saturated carbocycles. The molecule has 16 heavy (non-hydrogen) atoms. The summed E-state index contributed by atoms with van der Waals surface area (Å²) in [6, 6.07) is 6.58. The first-order chi connectivity index (χ1) is 7.54. The van der Waals surface area contributed by atoms with Crippen molar-refractivity contribution < 1.29 is 4.74 Å². The molecule has 2 heteroatoms. The molecule has 0 aliphatic heterocycles. The fourth-order valence-electron chi connectivity index (χ4n) is 1.83. The van der Waals surface area contributed by atoms with Crippen molar-refractivity contribution in [3.8, 4) is 0 Å². The van der Waals surface area contributed by atoms with Crippen molar-refractivity contribution in [1.29, 1.82) is 0 Å². The van der Waals surface area contributed by atoms with Crippen LogP contribution in [0.1, 0.15) is 30.5 Å². The second-order valence-electron chi connectivity index (χ2n) is 4.46. The summed E-state index contributed by atoms with van der Waals surface area (Å²) < 4.78 is 5.52. The average Bonchev–Trinajstić information content (AvgIpc) is 2.23. The highest BCUT2D eigenvalue weighted by Gasteiger charge is 2.14. The minimum atomic E-state index is 0.0699. The van der Waals surface area contributed by atoms with E-state index in [1.165, 1.54) is 16.7 Å². The molecule has 0 aliphatic carbocycles. The van der Waals surface area contributed by atoms with Crippen molar-refractivity contribution >= 4 is 0 Å². The molecule has 1 aromatic carbocycles. The van der Waals surface area contributed by atoms with Gasteiger partial charge in [0.25, 0.3) is 0 Å². The monoisotopic (exact) mass is 221 g/mol. The second kappa shape index (κ2) is 6.02. The number of hydrogen-bond acceptors (Lipinski definition) is 2. The van der Waals surface area contributed by atoms with Crippen LogP contribution in [0.3, 0.4) is 0 Å². The Morgan fingerprint density at radius 3 is 2.62 bits per heavy atom. The zero-order chi connectivity index (χ0) is 12.1. The normalized spacial score (nSPS) is 14.8. The van der Waals surface area contributed by atoms with Gasteiger partial charge in [0.05, 0.1) is 6.10 Å². The Kier molecular flexibility index (Phi) is 4.97. The zero-order valence-electron chi connectivity index (χ0n) is 10.8. The molecule has 1 rings (SSSR count). The van der Waals surface area contributed by atoms with Crippen LogP contribution in [0.4, 0.5) is 0 Å². The highest BCUT2D eigenvalue weighted by Crippen LogP contribution is 2.14. The number of nitrogens with two attached hydrogens (primary N) is 1. The maximum atomic E-state index is 6.13.